The largest absolute Gasteiger partial charge is 0.386 e. The first kappa shape index (κ1) is 19.7. The van der Waals surface area contributed by atoms with Gasteiger partial charge < -0.3 is 15.2 Å². The van der Waals surface area contributed by atoms with Gasteiger partial charge in [-0.15, -0.1) is 11.3 Å². The number of nitrogens with one attached hydrogen (secondary N) is 1. The van der Waals surface area contributed by atoms with Gasteiger partial charge in [0, 0.05) is 40.3 Å². The second kappa shape index (κ2) is 7.68. The van der Waals surface area contributed by atoms with Crippen LogP contribution in [0.15, 0.2) is 29.9 Å². The summed E-state index contributed by atoms with van der Waals surface area (Å²) in [5, 5.41) is 21.3. The average Bonchev–Trinajstić information content (AvgIpc) is 3.36. The highest BCUT2D eigenvalue weighted by Gasteiger charge is 2.26. The van der Waals surface area contributed by atoms with Crippen LogP contribution in [-0.2, 0) is 10.4 Å². The minimum Gasteiger partial charge on any atom is -0.386 e. The van der Waals surface area contributed by atoms with E-state index in [1.165, 1.54) is 11.3 Å². The van der Waals surface area contributed by atoms with E-state index in [1.807, 2.05) is 23.0 Å². The Morgan fingerprint density at radius 2 is 2.07 bits per heavy atom. The fourth-order valence-electron chi connectivity index (χ4n) is 3.90. The summed E-state index contributed by atoms with van der Waals surface area (Å²) in [6.07, 6.45) is 8.23. The van der Waals surface area contributed by atoms with Crippen molar-refractivity contribution in [2.45, 2.75) is 51.2 Å². The third-order valence-corrected chi connectivity index (χ3v) is 6.28. The topological polar surface area (TPSA) is 97.1 Å². The van der Waals surface area contributed by atoms with Crippen LogP contribution in [0.25, 0.3) is 10.9 Å². The lowest BCUT2D eigenvalue weighted by atomic mass is 9.87. The van der Waals surface area contributed by atoms with Crippen molar-refractivity contribution in [3.63, 3.8) is 0 Å². The van der Waals surface area contributed by atoms with Gasteiger partial charge in [0.15, 0.2) is 5.01 Å². The van der Waals surface area contributed by atoms with E-state index in [0.29, 0.717) is 16.3 Å². The number of aliphatic hydroxyl groups is 1. The number of carbonyl (C=O) groups is 2. The number of rotatable bonds is 5. The zero-order valence-corrected chi connectivity index (χ0v) is 17.3. The van der Waals surface area contributed by atoms with Crippen molar-refractivity contribution in [2.24, 2.45) is 5.92 Å². The molecule has 0 bridgehead atoms. The van der Waals surface area contributed by atoms with Gasteiger partial charge in [-0.1, -0.05) is 0 Å². The van der Waals surface area contributed by atoms with E-state index in [2.05, 4.69) is 10.3 Å². The lowest BCUT2D eigenvalue weighted by molar-refractivity contribution is -0.112. The molecule has 29 heavy (non-hydrogen) atoms. The zero-order valence-electron chi connectivity index (χ0n) is 16.5. The lowest BCUT2D eigenvalue weighted by Gasteiger charge is -2.25. The molecular weight excluding hydrogens is 388 g/mol. The van der Waals surface area contributed by atoms with E-state index in [1.54, 1.807) is 25.4 Å². The van der Waals surface area contributed by atoms with Crippen LogP contribution >= 0.6 is 11.3 Å². The molecule has 1 aromatic carbocycles. The van der Waals surface area contributed by atoms with Gasteiger partial charge in [0.2, 0.25) is 0 Å². The number of hydrogen-bond donors (Lipinski definition) is 2. The molecule has 8 heteroatoms. The Morgan fingerprint density at radius 1 is 1.31 bits per heavy atom. The van der Waals surface area contributed by atoms with Gasteiger partial charge in [0.05, 0.1) is 17.2 Å². The summed E-state index contributed by atoms with van der Waals surface area (Å²) in [6, 6.07) is 3.95. The minimum absolute atomic E-state index is 0.158. The maximum absolute atomic E-state index is 12.5. The molecule has 7 nitrogen and oxygen atoms in total. The summed E-state index contributed by atoms with van der Waals surface area (Å²) < 4.78 is 1.96. The fourth-order valence-corrected chi connectivity index (χ4v) is 4.43. The summed E-state index contributed by atoms with van der Waals surface area (Å²) >= 11 is 1.27. The van der Waals surface area contributed by atoms with Crippen LogP contribution in [0.5, 0.6) is 0 Å². The first-order valence-electron chi connectivity index (χ1n) is 9.77. The molecule has 1 saturated carbocycles. The molecule has 0 atom stereocenters. The summed E-state index contributed by atoms with van der Waals surface area (Å²) in [5.41, 5.74) is 0.775. The number of nitrogens with zero attached hydrogens (tertiary/aromatic N) is 3. The van der Waals surface area contributed by atoms with E-state index in [9.17, 15) is 14.7 Å². The highest BCUT2D eigenvalue weighted by atomic mass is 32.1. The zero-order chi connectivity index (χ0) is 20.6. The van der Waals surface area contributed by atoms with E-state index in [0.717, 1.165) is 42.9 Å². The van der Waals surface area contributed by atoms with Crippen LogP contribution in [0, 0.1) is 5.92 Å². The highest BCUT2D eigenvalue weighted by Crippen LogP contribution is 2.35. The van der Waals surface area contributed by atoms with Crippen LogP contribution in [0.2, 0.25) is 0 Å². The molecule has 2 heterocycles. The molecule has 1 amide bonds. The quantitative estimate of drug-likeness (QED) is 0.620. The molecule has 0 saturated heterocycles. The van der Waals surface area contributed by atoms with Gasteiger partial charge in [-0.3, -0.25) is 9.48 Å². The standard InChI is InChI=1S/C21H24N4O3S/c1-21(2,28)16-10-17-14(9-18(16)23-19(27)20-22-7-8-29-20)11-25(24-17)15-5-3-13(12-26)4-6-15/h7-13,15,28H,3-6H2,1-2H3,(H,23,27). The van der Waals surface area contributed by atoms with Crippen LogP contribution in [-0.4, -0.2) is 32.1 Å². The van der Waals surface area contributed by atoms with Crippen LogP contribution in [0.1, 0.15) is 60.9 Å². The Morgan fingerprint density at radius 3 is 2.69 bits per heavy atom. The minimum atomic E-state index is -1.15. The molecule has 0 radical (unpaired) electrons. The summed E-state index contributed by atoms with van der Waals surface area (Å²) in [6.45, 7) is 3.37. The molecule has 2 N–H and O–H groups in total. The molecule has 1 aliphatic rings. The van der Waals surface area contributed by atoms with Gasteiger partial charge >= 0.3 is 0 Å². The number of aldehydes is 1. The predicted molar refractivity (Wildman–Crippen MR) is 112 cm³/mol. The SMILES string of the molecule is CC(C)(O)c1cc2nn(C3CCC(C=O)CC3)cc2cc1NC(=O)c1nccs1. The number of carbonyl (C=O) groups excluding carboxylic acids is 2. The third kappa shape index (κ3) is 4.09. The van der Waals surface area contributed by atoms with Crippen molar-refractivity contribution < 1.29 is 14.7 Å². The Bertz CT molecular complexity index is 1030. The number of aromatic nitrogens is 3. The lowest BCUT2D eigenvalue weighted by Crippen LogP contribution is -2.21. The first-order chi connectivity index (χ1) is 13.8. The molecule has 0 unspecified atom stereocenters. The highest BCUT2D eigenvalue weighted by molar-refractivity contribution is 7.11. The smallest absolute Gasteiger partial charge is 0.284 e. The summed E-state index contributed by atoms with van der Waals surface area (Å²) in [4.78, 5) is 27.6. The number of hydrogen-bond acceptors (Lipinski definition) is 6. The number of thiazole rings is 1. The van der Waals surface area contributed by atoms with E-state index >= 15 is 0 Å². The van der Waals surface area contributed by atoms with Crippen LogP contribution < -0.4 is 5.32 Å². The fraction of sp³-hybridized carbons (Fsp3) is 0.429. The Labute approximate surface area is 172 Å². The van der Waals surface area contributed by atoms with Crippen molar-refractivity contribution in [3.05, 3.63) is 40.5 Å². The van der Waals surface area contributed by atoms with Gasteiger partial charge in [-0.25, -0.2) is 4.98 Å². The van der Waals surface area contributed by atoms with Crippen molar-refractivity contribution in [1.29, 1.82) is 0 Å². The van der Waals surface area contributed by atoms with E-state index in [-0.39, 0.29) is 17.9 Å². The second-order valence-electron chi connectivity index (χ2n) is 8.12. The maximum atomic E-state index is 12.5. The number of fused-ring (bicyclic) bond motifs is 1. The molecule has 152 valence electrons. The maximum Gasteiger partial charge on any atom is 0.284 e. The van der Waals surface area contributed by atoms with Gasteiger partial charge in [0.25, 0.3) is 5.91 Å². The van der Waals surface area contributed by atoms with Crippen molar-refractivity contribution in [2.75, 3.05) is 5.32 Å². The molecule has 0 aliphatic heterocycles. The Balaban J connectivity index is 1.67. The molecule has 2 aromatic heterocycles. The van der Waals surface area contributed by atoms with Crippen LogP contribution in [0.3, 0.4) is 0 Å². The monoisotopic (exact) mass is 412 g/mol. The van der Waals surface area contributed by atoms with Gasteiger partial charge in [-0.05, 0) is 51.7 Å². The molecule has 1 aliphatic carbocycles. The van der Waals surface area contributed by atoms with E-state index < -0.39 is 5.60 Å². The van der Waals surface area contributed by atoms with Gasteiger partial charge in [0.1, 0.15) is 6.29 Å². The predicted octanol–water partition coefficient (Wildman–Crippen LogP) is 3.90. The Kier molecular flexibility index (Phi) is 5.23. The Hall–Kier alpha value is -2.58. The van der Waals surface area contributed by atoms with E-state index in [4.69, 9.17) is 5.10 Å². The molecule has 1 fully saturated rings. The normalized spacial score (nSPS) is 20.0. The van der Waals surface area contributed by atoms with Crippen LogP contribution in [0.4, 0.5) is 5.69 Å². The molecule has 4 rings (SSSR count). The van der Waals surface area contributed by atoms with Gasteiger partial charge in [-0.2, -0.15) is 5.10 Å². The third-order valence-electron chi connectivity index (χ3n) is 5.50. The first-order valence-corrected chi connectivity index (χ1v) is 10.6. The van der Waals surface area contributed by atoms with Crippen molar-refractivity contribution >= 4 is 40.1 Å². The molecule has 3 aromatic rings. The second-order valence-corrected chi connectivity index (χ2v) is 9.02. The molecule has 0 spiro atoms. The van der Waals surface area contributed by atoms with Crippen molar-refractivity contribution in [3.8, 4) is 0 Å². The summed E-state index contributed by atoms with van der Waals surface area (Å²) in [7, 11) is 0. The average molecular weight is 413 g/mol. The summed E-state index contributed by atoms with van der Waals surface area (Å²) in [5.74, 6) is -0.143. The number of amides is 1. The number of anilines is 1. The molecular formula is C21H24N4O3S. The van der Waals surface area contributed by atoms with Crippen molar-refractivity contribution in [1.82, 2.24) is 14.8 Å². The number of benzene rings is 1.